The van der Waals surface area contributed by atoms with Crippen LogP contribution in [0.25, 0.3) is 11.1 Å². The highest BCUT2D eigenvalue weighted by Crippen LogP contribution is 2.36. The number of methoxy groups -OCH3 is 1. The van der Waals surface area contributed by atoms with Gasteiger partial charge >= 0.3 is 5.97 Å². The number of esters is 1. The number of hydrogen-bond donors (Lipinski definition) is 0. The van der Waals surface area contributed by atoms with Crippen molar-refractivity contribution in [1.82, 2.24) is 0 Å². The van der Waals surface area contributed by atoms with Crippen molar-refractivity contribution in [2.75, 3.05) is 7.11 Å². The van der Waals surface area contributed by atoms with Gasteiger partial charge in [-0.25, -0.2) is 4.79 Å². The Morgan fingerprint density at radius 3 is 2.37 bits per heavy atom. The molecular formula is C17H20O2. The van der Waals surface area contributed by atoms with Crippen molar-refractivity contribution in [1.29, 1.82) is 0 Å². The molecule has 0 bridgehead atoms. The lowest BCUT2D eigenvalue weighted by atomic mass is 10.0. The van der Waals surface area contributed by atoms with Crippen LogP contribution in [-0.2, 0) is 4.74 Å². The smallest absolute Gasteiger partial charge is 0.338 e. The topological polar surface area (TPSA) is 26.3 Å². The Bertz CT molecular complexity index is 597. The van der Waals surface area contributed by atoms with Gasteiger partial charge in [-0.1, -0.05) is 32.0 Å². The lowest BCUT2D eigenvalue weighted by Gasteiger charge is -2.05. The van der Waals surface area contributed by atoms with Crippen LogP contribution in [0.2, 0.25) is 0 Å². The Labute approximate surface area is 114 Å². The fourth-order valence-corrected chi connectivity index (χ4v) is 2.54. The Morgan fingerprint density at radius 1 is 1.11 bits per heavy atom. The zero-order valence-corrected chi connectivity index (χ0v) is 12.2. The number of rotatable bonds is 2. The van der Waals surface area contributed by atoms with E-state index in [9.17, 15) is 4.79 Å². The van der Waals surface area contributed by atoms with E-state index in [1.807, 2.05) is 13.0 Å². The molecule has 0 atom stereocenters. The molecule has 0 fully saturated rings. The third-order valence-corrected chi connectivity index (χ3v) is 3.62. The van der Waals surface area contributed by atoms with Gasteiger partial charge in [0, 0.05) is 0 Å². The first-order valence-electron chi connectivity index (χ1n) is 6.58. The van der Waals surface area contributed by atoms with Crippen molar-refractivity contribution >= 4 is 5.97 Å². The van der Waals surface area contributed by atoms with E-state index in [0.717, 1.165) is 16.7 Å². The number of carbonyl (C=O) groups excluding carboxylic acids is 1. The molecule has 100 valence electrons. The summed E-state index contributed by atoms with van der Waals surface area (Å²) >= 11 is 0. The van der Waals surface area contributed by atoms with E-state index in [2.05, 4.69) is 39.0 Å². The Hall–Kier alpha value is -1.83. The molecule has 0 aromatic rings. The van der Waals surface area contributed by atoms with E-state index < -0.39 is 0 Å². The third kappa shape index (κ3) is 2.35. The minimum Gasteiger partial charge on any atom is -0.465 e. The van der Waals surface area contributed by atoms with Gasteiger partial charge in [-0.05, 0) is 53.6 Å². The van der Waals surface area contributed by atoms with Crippen LogP contribution in [0.15, 0.2) is 24.3 Å². The molecule has 2 nitrogen and oxygen atoms in total. The van der Waals surface area contributed by atoms with Crippen LogP contribution in [0.5, 0.6) is 0 Å². The minimum atomic E-state index is -0.265. The first-order chi connectivity index (χ1) is 8.95. The first kappa shape index (κ1) is 13.6. The zero-order valence-electron chi connectivity index (χ0n) is 12.2. The van der Waals surface area contributed by atoms with Crippen LogP contribution in [0.1, 0.15) is 46.8 Å². The molecule has 0 spiro atoms. The molecule has 2 rings (SSSR count). The molecule has 2 aliphatic carbocycles. The van der Waals surface area contributed by atoms with Crippen LogP contribution in [-0.4, -0.2) is 13.1 Å². The number of aryl methyl sites for hydroxylation is 2. The molecule has 0 saturated carbocycles. The molecule has 0 aliphatic heterocycles. The van der Waals surface area contributed by atoms with Gasteiger partial charge in [0.2, 0.25) is 0 Å². The van der Waals surface area contributed by atoms with Crippen LogP contribution in [0, 0.1) is 13.8 Å². The van der Waals surface area contributed by atoms with Gasteiger partial charge in [0.1, 0.15) is 0 Å². The van der Waals surface area contributed by atoms with Crippen molar-refractivity contribution in [3.8, 4) is 11.1 Å². The van der Waals surface area contributed by atoms with E-state index in [0.29, 0.717) is 11.5 Å². The number of ether oxygens (including phenoxy) is 1. The van der Waals surface area contributed by atoms with E-state index in [1.165, 1.54) is 18.2 Å². The maximum Gasteiger partial charge on any atom is 0.338 e. The molecule has 2 aliphatic rings. The van der Waals surface area contributed by atoms with Gasteiger partial charge in [0.25, 0.3) is 0 Å². The molecule has 0 heterocycles. The normalized spacial score (nSPS) is 11.1. The molecule has 0 saturated heterocycles. The summed E-state index contributed by atoms with van der Waals surface area (Å²) in [4.78, 5) is 11.9. The molecule has 0 radical (unpaired) electrons. The highest BCUT2D eigenvalue weighted by molar-refractivity contribution is 6.00. The second-order valence-electron chi connectivity index (χ2n) is 5.34. The van der Waals surface area contributed by atoms with Crippen LogP contribution in [0.4, 0.5) is 0 Å². The van der Waals surface area contributed by atoms with Crippen molar-refractivity contribution in [2.45, 2.75) is 33.6 Å². The van der Waals surface area contributed by atoms with Gasteiger partial charge in [0.15, 0.2) is 0 Å². The standard InChI is InChI=1S/C17H20O2/c1-10(2)13-7-6-11(3)16-12(4)8-15(14(16)9-13)17(18)19-5/h6-10H,1-5H3. The summed E-state index contributed by atoms with van der Waals surface area (Å²) in [6.07, 6.45) is 0. The van der Waals surface area contributed by atoms with Gasteiger partial charge in [0.05, 0.1) is 12.7 Å². The van der Waals surface area contributed by atoms with E-state index >= 15 is 0 Å². The van der Waals surface area contributed by atoms with Gasteiger partial charge < -0.3 is 4.74 Å². The fraction of sp³-hybridized carbons (Fsp3) is 0.353. The van der Waals surface area contributed by atoms with Crippen LogP contribution >= 0.6 is 0 Å². The molecule has 0 N–H and O–H groups in total. The van der Waals surface area contributed by atoms with Gasteiger partial charge in [-0.3, -0.25) is 0 Å². The van der Waals surface area contributed by atoms with Crippen molar-refractivity contribution in [2.24, 2.45) is 0 Å². The molecule has 2 heteroatoms. The van der Waals surface area contributed by atoms with E-state index in [1.54, 1.807) is 0 Å². The van der Waals surface area contributed by atoms with Crippen molar-refractivity contribution in [3.05, 3.63) is 46.5 Å². The lowest BCUT2D eigenvalue weighted by Crippen LogP contribution is -2.00. The Morgan fingerprint density at radius 2 is 1.79 bits per heavy atom. The Balaban J connectivity index is 2.77. The Kier molecular flexibility index (Phi) is 3.61. The molecule has 0 aromatic heterocycles. The van der Waals surface area contributed by atoms with Crippen molar-refractivity contribution in [3.63, 3.8) is 0 Å². The second kappa shape index (κ2) is 5.04. The van der Waals surface area contributed by atoms with Crippen LogP contribution < -0.4 is 0 Å². The molecule has 0 amide bonds. The first-order valence-corrected chi connectivity index (χ1v) is 6.58. The quantitative estimate of drug-likeness (QED) is 0.748. The minimum absolute atomic E-state index is 0.265. The summed E-state index contributed by atoms with van der Waals surface area (Å²) in [5.41, 5.74) is 6.36. The SMILES string of the molecule is COC(=O)c1cc(C)c2c(C)ccc(C(C)C)cc1-2. The summed E-state index contributed by atoms with van der Waals surface area (Å²) in [5.74, 6) is 0.161. The van der Waals surface area contributed by atoms with Crippen LogP contribution in [0.3, 0.4) is 0 Å². The maximum absolute atomic E-state index is 11.9. The molecule has 0 aromatic carbocycles. The monoisotopic (exact) mass is 256 g/mol. The zero-order chi connectivity index (χ0) is 14.2. The summed E-state index contributed by atoms with van der Waals surface area (Å²) in [5, 5.41) is 0. The highest BCUT2D eigenvalue weighted by Gasteiger charge is 2.20. The average molecular weight is 256 g/mol. The number of fused-ring (bicyclic) bond motifs is 1. The average Bonchev–Trinajstić information content (AvgIpc) is 2.58. The summed E-state index contributed by atoms with van der Waals surface area (Å²) in [6, 6.07) is 8.31. The lowest BCUT2D eigenvalue weighted by molar-refractivity contribution is 0.0602. The molecular weight excluding hydrogens is 236 g/mol. The predicted octanol–water partition coefficient (Wildman–Crippen LogP) is 4.32. The maximum atomic E-state index is 11.9. The molecule has 19 heavy (non-hydrogen) atoms. The number of carbonyl (C=O) groups is 1. The van der Waals surface area contributed by atoms with E-state index in [4.69, 9.17) is 4.74 Å². The largest absolute Gasteiger partial charge is 0.465 e. The second-order valence-corrected chi connectivity index (χ2v) is 5.34. The van der Waals surface area contributed by atoms with Gasteiger partial charge in [-0.2, -0.15) is 0 Å². The van der Waals surface area contributed by atoms with Crippen molar-refractivity contribution < 1.29 is 9.53 Å². The molecule has 0 unspecified atom stereocenters. The predicted molar refractivity (Wildman–Crippen MR) is 78.0 cm³/mol. The summed E-state index contributed by atoms with van der Waals surface area (Å²) in [6.45, 7) is 8.44. The summed E-state index contributed by atoms with van der Waals surface area (Å²) in [7, 11) is 1.43. The highest BCUT2D eigenvalue weighted by atomic mass is 16.5. The number of hydrogen-bond acceptors (Lipinski definition) is 2. The fourth-order valence-electron chi connectivity index (χ4n) is 2.54. The third-order valence-electron chi connectivity index (χ3n) is 3.62. The summed E-state index contributed by atoms with van der Waals surface area (Å²) < 4.78 is 4.89. The van der Waals surface area contributed by atoms with Gasteiger partial charge in [-0.15, -0.1) is 0 Å². The van der Waals surface area contributed by atoms with E-state index in [-0.39, 0.29) is 5.97 Å².